The third-order valence-electron chi connectivity index (χ3n) is 16.4. The Balaban J connectivity index is 2.54. The van der Waals surface area contributed by atoms with Crippen LogP contribution >= 0.6 is 0 Å². The molecule has 0 saturated carbocycles. The molecule has 0 radical (unpaired) electrons. The second kappa shape index (κ2) is 59.7. The molecular formula is C72H131NO10. The van der Waals surface area contributed by atoms with E-state index in [0.717, 1.165) is 70.6 Å². The molecule has 6 N–H and O–H groups in total. The molecule has 11 nitrogen and oxygen atoms in total. The normalized spacial score (nSPS) is 18.9. The summed E-state index contributed by atoms with van der Waals surface area (Å²) >= 11 is 0. The van der Waals surface area contributed by atoms with Crippen molar-refractivity contribution in [1.29, 1.82) is 0 Å². The summed E-state index contributed by atoms with van der Waals surface area (Å²) in [7, 11) is 0. The minimum atomic E-state index is -1.62. The SMILES string of the molecule is CCCCC/C=C\C/C=C\C/C=C\C/C=C\CCC(O)C(=O)NC(COC1OC(CO)C(O)C(O)C1OC(=O)CCCCCCCCCCCCCCCCCCCCCCCCCCCCC)C(O)/C=C/CCCCCCCCCCC. The van der Waals surface area contributed by atoms with Crippen molar-refractivity contribution in [3.8, 4) is 0 Å². The van der Waals surface area contributed by atoms with E-state index in [1.54, 1.807) is 6.08 Å². The van der Waals surface area contributed by atoms with E-state index in [0.29, 0.717) is 12.8 Å². The van der Waals surface area contributed by atoms with Crippen LogP contribution in [0.4, 0.5) is 0 Å². The highest BCUT2D eigenvalue weighted by Crippen LogP contribution is 2.26. The Labute approximate surface area is 509 Å². The Morgan fingerprint density at radius 3 is 1.27 bits per heavy atom. The Hall–Kier alpha value is -2.64. The molecule has 8 atom stereocenters. The topological polar surface area (TPSA) is 175 Å². The fourth-order valence-electron chi connectivity index (χ4n) is 10.9. The molecular weight excluding hydrogens is 1040 g/mol. The fourth-order valence-corrected chi connectivity index (χ4v) is 10.9. The summed E-state index contributed by atoms with van der Waals surface area (Å²) in [4.78, 5) is 26.6. The van der Waals surface area contributed by atoms with Gasteiger partial charge in [-0.1, -0.05) is 313 Å². The summed E-state index contributed by atoms with van der Waals surface area (Å²) < 4.78 is 17.6. The molecule has 8 unspecified atom stereocenters. The van der Waals surface area contributed by atoms with Crippen LogP contribution < -0.4 is 5.32 Å². The van der Waals surface area contributed by atoms with Crippen molar-refractivity contribution in [1.82, 2.24) is 5.32 Å². The number of rotatable bonds is 60. The number of esters is 1. The quantitative estimate of drug-likeness (QED) is 0.0195. The first-order valence-electron chi connectivity index (χ1n) is 35.1. The second-order valence-corrected chi connectivity index (χ2v) is 24.3. The number of allylic oxidation sites excluding steroid dienone is 9. The van der Waals surface area contributed by atoms with Crippen molar-refractivity contribution >= 4 is 11.9 Å². The lowest BCUT2D eigenvalue weighted by Crippen LogP contribution is -2.61. The maximum atomic E-state index is 13.4. The van der Waals surface area contributed by atoms with Gasteiger partial charge < -0.3 is 45.1 Å². The van der Waals surface area contributed by atoms with Crippen LogP contribution in [0.5, 0.6) is 0 Å². The molecule has 1 saturated heterocycles. The lowest BCUT2D eigenvalue weighted by atomic mass is 9.99. The maximum absolute atomic E-state index is 13.4. The number of amides is 1. The average molecular weight is 1170 g/mol. The van der Waals surface area contributed by atoms with E-state index < -0.39 is 67.4 Å². The molecule has 1 fully saturated rings. The molecule has 1 aliphatic heterocycles. The van der Waals surface area contributed by atoms with Gasteiger partial charge in [0.15, 0.2) is 12.4 Å². The van der Waals surface area contributed by atoms with Gasteiger partial charge in [0.1, 0.15) is 24.4 Å². The number of carbonyl (C=O) groups is 2. The maximum Gasteiger partial charge on any atom is 0.306 e. The molecule has 1 heterocycles. The number of aliphatic hydroxyl groups is 5. The average Bonchev–Trinajstić information content (AvgIpc) is 3.52. The molecule has 83 heavy (non-hydrogen) atoms. The lowest BCUT2D eigenvalue weighted by molar-refractivity contribution is -0.305. The van der Waals surface area contributed by atoms with Crippen LogP contribution in [0.25, 0.3) is 0 Å². The van der Waals surface area contributed by atoms with E-state index in [2.05, 4.69) is 62.5 Å². The molecule has 0 aromatic carbocycles. The van der Waals surface area contributed by atoms with Crippen molar-refractivity contribution in [2.45, 2.75) is 372 Å². The Morgan fingerprint density at radius 2 is 0.831 bits per heavy atom. The van der Waals surface area contributed by atoms with Crippen LogP contribution in [-0.4, -0.2) is 99.6 Å². The van der Waals surface area contributed by atoms with Crippen LogP contribution in [-0.2, 0) is 23.8 Å². The van der Waals surface area contributed by atoms with E-state index in [4.69, 9.17) is 14.2 Å². The molecule has 484 valence electrons. The van der Waals surface area contributed by atoms with Gasteiger partial charge >= 0.3 is 5.97 Å². The molecule has 0 aliphatic carbocycles. The van der Waals surface area contributed by atoms with Gasteiger partial charge in [-0.15, -0.1) is 0 Å². The van der Waals surface area contributed by atoms with Gasteiger partial charge in [0.05, 0.1) is 25.4 Å². The van der Waals surface area contributed by atoms with Crippen LogP contribution in [0, 0.1) is 0 Å². The standard InChI is InChI=1S/C72H131NO10/c1-4-7-10-13-16-19-22-24-26-28-29-30-31-32-33-34-35-36-37-38-40-42-45-48-51-54-57-60-67(77)83-70-69(79)68(78)66(61-74)82-72(70)81-62-63(64(75)58-55-52-49-46-43-21-18-15-12-9-6-3)73-71(80)65(76)59-56-53-50-47-44-41-39-27-25-23-20-17-14-11-8-5-2/h17,20,25,27,41,44,50,53,55,58,63-66,68-70,72,74-76,78-79H,4-16,18-19,21-24,26,28-40,42-43,45-49,51-52,54,56-57,59-62H2,1-3H3,(H,73,80)/b20-17-,27-25-,44-41-,53-50-,58-55+. The van der Waals surface area contributed by atoms with Gasteiger partial charge in [0, 0.05) is 6.42 Å². The first-order valence-corrected chi connectivity index (χ1v) is 35.1. The van der Waals surface area contributed by atoms with Crippen molar-refractivity contribution in [3.05, 3.63) is 60.8 Å². The van der Waals surface area contributed by atoms with E-state index in [9.17, 15) is 35.1 Å². The predicted octanol–water partition coefficient (Wildman–Crippen LogP) is 17.7. The summed E-state index contributed by atoms with van der Waals surface area (Å²) in [6, 6.07) is -1.05. The van der Waals surface area contributed by atoms with Crippen molar-refractivity contribution in [2.75, 3.05) is 13.2 Å². The zero-order valence-corrected chi connectivity index (χ0v) is 53.8. The van der Waals surface area contributed by atoms with Gasteiger partial charge in [-0.05, 0) is 64.2 Å². The molecule has 11 heteroatoms. The highest BCUT2D eigenvalue weighted by Gasteiger charge is 2.47. The van der Waals surface area contributed by atoms with Crippen LogP contribution in [0.2, 0.25) is 0 Å². The number of aliphatic hydroxyl groups excluding tert-OH is 5. The number of hydrogen-bond donors (Lipinski definition) is 6. The Kier molecular flexibility index (Phi) is 56.4. The van der Waals surface area contributed by atoms with E-state index in [-0.39, 0.29) is 19.4 Å². The first kappa shape index (κ1) is 78.4. The molecule has 0 aromatic heterocycles. The second-order valence-electron chi connectivity index (χ2n) is 24.3. The van der Waals surface area contributed by atoms with Gasteiger partial charge in [0.2, 0.25) is 5.91 Å². The van der Waals surface area contributed by atoms with Crippen LogP contribution in [0.15, 0.2) is 60.8 Å². The molecule has 0 spiro atoms. The van der Waals surface area contributed by atoms with Crippen molar-refractivity contribution in [2.24, 2.45) is 0 Å². The van der Waals surface area contributed by atoms with Crippen LogP contribution in [0.3, 0.4) is 0 Å². The third-order valence-corrected chi connectivity index (χ3v) is 16.4. The molecule has 1 rings (SSSR count). The van der Waals surface area contributed by atoms with Gasteiger partial charge in [0.25, 0.3) is 0 Å². The Morgan fingerprint density at radius 1 is 0.470 bits per heavy atom. The zero-order chi connectivity index (χ0) is 60.3. The van der Waals surface area contributed by atoms with Crippen LogP contribution in [0.1, 0.15) is 323 Å². The minimum Gasteiger partial charge on any atom is -0.454 e. The number of ether oxygens (including phenoxy) is 3. The fraction of sp³-hybridized carbons (Fsp3) is 0.833. The summed E-state index contributed by atoms with van der Waals surface area (Å²) in [6.07, 6.45) is 65.8. The highest BCUT2D eigenvalue weighted by molar-refractivity contribution is 5.80. The van der Waals surface area contributed by atoms with Gasteiger partial charge in [-0.2, -0.15) is 0 Å². The highest BCUT2D eigenvalue weighted by atomic mass is 16.7. The first-order chi connectivity index (χ1) is 40.7. The number of unbranched alkanes of at least 4 members (excludes halogenated alkanes) is 38. The zero-order valence-electron chi connectivity index (χ0n) is 53.8. The van der Waals surface area contributed by atoms with E-state index in [1.807, 2.05) is 18.2 Å². The molecule has 0 bridgehead atoms. The number of nitrogens with one attached hydrogen (secondary N) is 1. The predicted molar refractivity (Wildman–Crippen MR) is 347 cm³/mol. The van der Waals surface area contributed by atoms with E-state index >= 15 is 0 Å². The molecule has 1 amide bonds. The summed E-state index contributed by atoms with van der Waals surface area (Å²) in [5.74, 6) is -1.25. The number of carbonyl (C=O) groups excluding carboxylic acids is 2. The van der Waals surface area contributed by atoms with E-state index in [1.165, 1.54) is 205 Å². The van der Waals surface area contributed by atoms with Gasteiger partial charge in [-0.3, -0.25) is 9.59 Å². The molecule has 1 aliphatic rings. The molecule has 0 aromatic rings. The largest absolute Gasteiger partial charge is 0.454 e. The summed E-state index contributed by atoms with van der Waals surface area (Å²) in [6.45, 7) is 5.75. The Bertz CT molecular complexity index is 1580. The lowest BCUT2D eigenvalue weighted by Gasteiger charge is -2.41. The minimum absolute atomic E-state index is 0.120. The number of hydrogen-bond acceptors (Lipinski definition) is 10. The van der Waals surface area contributed by atoms with Gasteiger partial charge in [-0.25, -0.2) is 0 Å². The third kappa shape index (κ3) is 47.2. The van der Waals surface area contributed by atoms with Crippen molar-refractivity contribution in [3.63, 3.8) is 0 Å². The summed E-state index contributed by atoms with van der Waals surface area (Å²) in [5, 5.41) is 57.0. The summed E-state index contributed by atoms with van der Waals surface area (Å²) in [5.41, 5.74) is 0. The smallest absolute Gasteiger partial charge is 0.306 e. The monoisotopic (exact) mass is 1170 g/mol. The van der Waals surface area contributed by atoms with Crippen molar-refractivity contribution < 1.29 is 49.3 Å².